The molecule has 1 amide bonds. The van der Waals surface area contributed by atoms with Gasteiger partial charge in [-0.3, -0.25) is 4.79 Å². The summed E-state index contributed by atoms with van der Waals surface area (Å²) in [5.74, 6) is 0.665. The highest BCUT2D eigenvalue weighted by molar-refractivity contribution is 7.17. The first-order chi connectivity index (χ1) is 18.5. The Labute approximate surface area is 224 Å². The van der Waals surface area contributed by atoms with Gasteiger partial charge in [0.2, 0.25) is 6.79 Å². The molecule has 6 rings (SSSR count). The van der Waals surface area contributed by atoms with Crippen molar-refractivity contribution in [1.82, 2.24) is 4.98 Å². The molecule has 1 N–H and O–H groups in total. The van der Waals surface area contributed by atoms with Gasteiger partial charge in [-0.25, -0.2) is 9.78 Å². The van der Waals surface area contributed by atoms with Crippen LogP contribution in [0, 0.1) is 0 Å². The van der Waals surface area contributed by atoms with Crippen molar-refractivity contribution in [2.24, 2.45) is 0 Å². The highest BCUT2D eigenvalue weighted by atomic mass is 32.1. The summed E-state index contributed by atoms with van der Waals surface area (Å²) in [4.78, 5) is 33.0. The third-order valence-corrected chi connectivity index (χ3v) is 8.03. The van der Waals surface area contributed by atoms with E-state index in [9.17, 15) is 9.59 Å². The SMILES string of the molecule is CC(C)OC(=O)c1c(NC(=O)c2cc(-c3ccc4c(c3)OCO4)nc3ccccc23)sc2c1CCCCC2. The predicted molar refractivity (Wildman–Crippen MR) is 147 cm³/mol. The van der Waals surface area contributed by atoms with E-state index in [1.807, 2.05) is 56.3 Å². The Hall–Kier alpha value is -3.91. The lowest BCUT2D eigenvalue weighted by atomic mass is 10.0. The maximum absolute atomic E-state index is 13.8. The van der Waals surface area contributed by atoms with Crippen molar-refractivity contribution < 1.29 is 23.8 Å². The number of carbonyl (C=O) groups is 2. The molecule has 0 atom stereocenters. The van der Waals surface area contributed by atoms with Gasteiger partial charge in [0.25, 0.3) is 5.91 Å². The van der Waals surface area contributed by atoms with Gasteiger partial charge in [0.15, 0.2) is 11.5 Å². The number of aryl methyl sites for hydroxylation is 1. The smallest absolute Gasteiger partial charge is 0.341 e. The molecule has 0 fully saturated rings. The molecule has 38 heavy (non-hydrogen) atoms. The maximum Gasteiger partial charge on any atom is 0.341 e. The number of fused-ring (bicyclic) bond motifs is 3. The van der Waals surface area contributed by atoms with Gasteiger partial charge in [-0.05, 0) is 75.4 Å². The van der Waals surface area contributed by atoms with Crippen LogP contribution in [0.5, 0.6) is 11.5 Å². The van der Waals surface area contributed by atoms with Crippen molar-refractivity contribution >= 4 is 39.1 Å². The Morgan fingerprint density at radius 3 is 2.68 bits per heavy atom. The first-order valence-corrected chi connectivity index (χ1v) is 13.8. The fraction of sp³-hybridized carbons (Fsp3) is 0.300. The van der Waals surface area contributed by atoms with Crippen molar-refractivity contribution in [2.75, 3.05) is 12.1 Å². The van der Waals surface area contributed by atoms with Crippen LogP contribution in [-0.2, 0) is 17.6 Å². The molecule has 0 unspecified atom stereocenters. The Bertz CT molecular complexity index is 1560. The van der Waals surface area contributed by atoms with E-state index in [-0.39, 0.29) is 24.8 Å². The number of ether oxygens (including phenoxy) is 3. The van der Waals surface area contributed by atoms with Crippen LogP contribution in [0.3, 0.4) is 0 Å². The van der Waals surface area contributed by atoms with E-state index in [4.69, 9.17) is 19.2 Å². The number of benzene rings is 2. The number of amides is 1. The van der Waals surface area contributed by atoms with E-state index in [1.54, 1.807) is 6.07 Å². The summed E-state index contributed by atoms with van der Waals surface area (Å²) < 4.78 is 16.6. The van der Waals surface area contributed by atoms with Gasteiger partial charge in [0.05, 0.1) is 28.4 Å². The summed E-state index contributed by atoms with van der Waals surface area (Å²) in [5.41, 5.74) is 4.17. The number of carbonyl (C=O) groups excluding carboxylic acids is 2. The first-order valence-electron chi connectivity index (χ1n) is 12.9. The number of esters is 1. The van der Waals surface area contributed by atoms with Crippen LogP contribution in [0.4, 0.5) is 5.00 Å². The van der Waals surface area contributed by atoms with E-state index < -0.39 is 0 Å². The summed E-state index contributed by atoms with van der Waals surface area (Å²) in [6.07, 6.45) is 4.70. The molecule has 2 aromatic heterocycles. The van der Waals surface area contributed by atoms with Crippen molar-refractivity contribution in [3.8, 4) is 22.8 Å². The van der Waals surface area contributed by atoms with Gasteiger partial charge in [0.1, 0.15) is 5.00 Å². The molecule has 3 heterocycles. The molecular weight excluding hydrogens is 500 g/mol. The van der Waals surface area contributed by atoms with E-state index in [0.29, 0.717) is 38.8 Å². The molecule has 4 aromatic rings. The van der Waals surface area contributed by atoms with Crippen LogP contribution in [0.25, 0.3) is 22.2 Å². The quantitative estimate of drug-likeness (QED) is 0.227. The second-order valence-corrected chi connectivity index (χ2v) is 10.9. The summed E-state index contributed by atoms with van der Waals surface area (Å²) in [6.45, 7) is 3.86. The standard InChI is InChI=1S/C30H28N2O5S/c1-17(2)37-30(34)27-20-9-4-3-5-11-26(20)38-29(27)32-28(33)21-15-23(31-22-10-7-6-8-19(21)22)18-12-13-24-25(14-18)36-16-35-24/h6-8,10,12-15,17H,3-5,9,11,16H2,1-2H3,(H,32,33). The van der Waals surface area contributed by atoms with Crippen molar-refractivity contribution in [3.05, 3.63) is 70.1 Å². The minimum absolute atomic E-state index is 0.184. The zero-order chi connectivity index (χ0) is 26.2. The van der Waals surface area contributed by atoms with E-state index in [0.717, 1.165) is 53.5 Å². The summed E-state index contributed by atoms with van der Waals surface area (Å²) >= 11 is 1.49. The second kappa shape index (κ2) is 10.1. The Morgan fingerprint density at radius 1 is 1.00 bits per heavy atom. The fourth-order valence-corrected chi connectivity index (χ4v) is 6.33. The third kappa shape index (κ3) is 4.60. The van der Waals surface area contributed by atoms with Crippen molar-refractivity contribution in [1.29, 1.82) is 0 Å². The van der Waals surface area contributed by atoms with Gasteiger partial charge in [0, 0.05) is 15.8 Å². The van der Waals surface area contributed by atoms with Crippen LogP contribution in [0.1, 0.15) is 64.3 Å². The molecule has 2 aromatic carbocycles. The minimum atomic E-state index is -0.379. The average Bonchev–Trinajstić information content (AvgIpc) is 3.44. The Kier molecular flexibility index (Phi) is 6.49. The van der Waals surface area contributed by atoms with Crippen molar-refractivity contribution in [3.63, 3.8) is 0 Å². The molecule has 2 aliphatic rings. The normalized spacial score (nSPS) is 14.3. The number of hydrogen-bond donors (Lipinski definition) is 1. The molecule has 0 radical (unpaired) electrons. The molecule has 0 saturated heterocycles. The number of aromatic nitrogens is 1. The number of rotatable bonds is 5. The van der Waals surface area contributed by atoms with E-state index >= 15 is 0 Å². The first kappa shape index (κ1) is 24.4. The zero-order valence-electron chi connectivity index (χ0n) is 21.3. The van der Waals surface area contributed by atoms with Crippen LogP contribution in [0.2, 0.25) is 0 Å². The number of para-hydroxylation sites is 1. The van der Waals surface area contributed by atoms with E-state index in [2.05, 4.69) is 5.32 Å². The Morgan fingerprint density at radius 2 is 1.82 bits per heavy atom. The lowest BCUT2D eigenvalue weighted by Crippen LogP contribution is -2.18. The molecule has 8 heteroatoms. The van der Waals surface area contributed by atoms with E-state index in [1.165, 1.54) is 11.3 Å². The summed E-state index contributed by atoms with van der Waals surface area (Å²) in [7, 11) is 0. The maximum atomic E-state index is 13.8. The number of nitrogens with zero attached hydrogens (tertiary/aromatic N) is 1. The Balaban J connectivity index is 1.41. The number of pyridine rings is 1. The summed E-state index contributed by atoms with van der Waals surface area (Å²) in [6, 6.07) is 15.0. The molecule has 1 aliphatic carbocycles. The molecule has 0 spiro atoms. The van der Waals surface area contributed by atoms with Crippen LogP contribution in [0.15, 0.2) is 48.5 Å². The van der Waals surface area contributed by atoms with Gasteiger partial charge in [-0.2, -0.15) is 0 Å². The topological polar surface area (TPSA) is 86.8 Å². The lowest BCUT2D eigenvalue weighted by molar-refractivity contribution is 0.0378. The number of nitrogens with one attached hydrogen (secondary N) is 1. The van der Waals surface area contributed by atoms with Crippen molar-refractivity contribution in [2.45, 2.75) is 52.1 Å². The largest absolute Gasteiger partial charge is 0.459 e. The molecule has 0 bridgehead atoms. The predicted octanol–water partition coefficient (Wildman–Crippen LogP) is 6.78. The number of thiophene rings is 1. The molecule has 194 valence electrons. The third-order valence-electron chi connectivity index (χ3n) is 6.82. The molecule has 7 nitrogen and oxygen atoms in total. The van der Waals surface area contributed by atoms with Crippen LogP contribution < -0.4 is 14.8 Å². The monoisotopic (exact) mass is 528 g/mol. The molecular formula is C30H28N2O5S. The van der Waals surface area contributed by atoms with Gasteiger partial charge >= 0.3 is 5.97 Å². The van der Waals surface area contributed by atoms with Gasteiger partial charge in [-0.1, -0.05) is 24.6 Å². The van der Waals surface area contributed by atoms with Crippen LogP contribution in [-0.4, -0.2) is 29.8 Å². The highest BCUT2D eigenvalue weighted by Crippen LogP contribution is 2.39. The number of anilines is 1. The van der Waals surface area contributed by atoms with Gasteiger partial charge < -0.3 is 19.5 Å². The highest BCUT2D eigenvalue weighted by Gasteiger charge is 2.28. The molecule has 0 saturated carbocycles. The van der Waals surface area contributed by atoms with Gasteiger partial charge in [-0.15, -0.1) is 11.3 Å². The number of hydrogen-bond acceptors (Lipinski definition) is 7. The second-order valence-electron chi connectivity index (χ2n) is 9.82. The van der Waals surface area contributed by atoms with Crippen LogP contribution >= 0.6 is 11.3 Å². The average molecular weight is 529 g/mol. The fourth-order valence-electron chi connectivity index (χ4n) is 5.06. The lowest BCUT2D eigenvalue weighted by Gasteiger charge is -2.13. The minimum Gasteiger partial charge on any atom is -0.459 e. The summed E-state index contributed by atoms with van der Waals surface area (Å²) in [5, 5.41) is 4.37. The zero-order valence-corrected chi connectivity index (χ0v) is 22.2. The molecule has 1 aliphatic heterocycles.